The zero-order valence-corrected chi connectivity index (χ0v) is 7.69. The molecule has 0 amide bonds. The van der Waals surface area contributed by atoms with Crippen molar-refractivity contribution in [3.05, 3.63) is 22.7 Å². The molecule has 1 heterocycles. The standard InChI is InChI=1S/C8H13N3O2/c1-6(12)5-11(2)7-8(13)10-4-3-9-7/h3-4,6,12H,5H2,1-2H3,(H,10,13)/t6-/m0/s1. The molecule has 2 N–H and O–H groups in total. The van der Waals surface area contributed by atoms with Gasteiger partial charge in [-0.15, -0.1) is 0 Å². The number of rotatable bonds is 3. The number of aromatic nitrogens is 2. The number of aliphatic hydroxyl groups is 1. The average molecular weight is 183 g/mol. The molecular formula is C8H13N3O2. The second-order valence-corrected chi connectivity index (χ2v) is 2.97. The Morgan fingerprint density at radius 2 is 2.46 bits per heavy atom. The summed E-state index contributed by atoms with van der Waals surface area (Å²) in [6.45, 7) is 2.05. The third-order valence-corrected chi connectivity index (χ3v) is 1.59. The first kappa shape index (κ1) is 9.73. The molecular weight excluding hydrogens is 170 g/mol. The van der Waals surface area contributed by atoms with Crippen LogP contribution in [0.25, 0.3) is 0 Å². The van der Waals surface area contributed by atoms with E-state index in [0.717, 1.165) is 0 Å². The first-order chi connectivity index (χ1) is 6.11. The highest BCUT2D eigenvalue weighted by molar-refractivity contribution is 5.33. The summed E-state index contributed by atoms with van der Waals surface area (Å²) in [5.74, 6) is 0.323. The Balaban J connectivity index is 2.83. The minimum Gasteiger partial charge on any atom is -0.392 e. The molecule has 0 unspecified atom stereocenters. The molecule has 13 heavy (non-hydrogen) atoms. The molecule has 0 radical (unpaired) electrons. The fourth-order valence-corrected chi connectivity index (χ4v) is 1.10. The van der Waals surface area contributed by atoms with E-state index in [4.69, 9.17) is 5.11 Å². The molecule has 1 rings (SSSR count). The van der Waals surface area contributed by atoms with Crippen molar-refractivity contribution in [3.8, 4) is 0 Å². The number of aromatic amines is 1. The number of aliphatic hydroxyl groups excluding tert-OH is 1. The van der Waals surface area contributed by atoms with Crippen LogP contribution in [0.15, 0.2) is 17.2 Å². The van der Waals surface area contributed by atoms with Gasteiger partial charge in [-0.2, -0.15) is 0 Å². The van der Waals surface area contributed by atoms with Gasteiger partial charge in [-0.25, -0.2) is 4.98 Å². The van der Waals surface area contributed by atoms with Crippen molar-refractivity contribution < 1.29 is 5.11 Å². The van der Waals surface area contributed by atoms with E-state index in [1.165, 1.54) is 12.4 Å². The fourth-order valence-electron chi connectivity index (χ4n) is 1.10. The Labute approximate surface area is 76.0 Å². The van der Waals surface area contributed by atoms with Crippen molar-refractivity contribution in [1.29, 1.82) is 0 Å². The molecule has 0 bridgehead atoms. The van der Waals surface area contributed by atoms with E-state index in [2.05, 4.69) is 9.97 Å². The van der Waals surface area contributed by atoms with Crippen LogP contribution in [0.4, 0.5) is 5.82 Å². The normalized spacial score (nSPS) is 12.5. The monoisotopic (exact) mass is 183 g/mol. The molecule has 0 saturated carbocycles. The van der Waals surface area contributed by atoms with Gasteiger partial charge < -0.3 is 15.0 Å². The summed E-state index contributed by atoms with van der Waals surface area (Å²) in [5, 5.41) is 9.09. The first-order valence-electron chi connectivity index (χ1n) is 4.04. The van der Waals surface area contributed by atoms with E-state index in [1.54, 1.807) is 18.9 Å². The number of hydrogen-bond donors (Lipinski definition) is 2. The van der Waals surface area contributed by atoms with Gasteiger partial charge in [0.1, 0.15) is 0 Å². The Bertz CT molecular complexity index is 321. The summed E-state index contributed by atoms with van der Waals surface area (Å²) >= 11 is 0. The third kappa shape index (κ3) is 2.55. The molecule has 0 aliphatic heterocycles. The second kappa shape index (κ2) is 4.04. The van der Waals surface area contributed by atoms with Crippen LogP contribution in [-0.2, 0) is 0 Å². The lowest BCUT2D eigenvalue weighted by Crippen LogP contribution is -2.32. The summed E-state index contributed by atoms with van der Waals surface area (Å²) in [7, 11) is 1.71. The van der Waals surface area contributed by atoms with Crippen molar-refractivity contribution in [2.45, 2.75) is 13.0 Å². The number of H-pyrrole nitrogens is 1. The minimum atomic E-state index is -0.480. The van der Waals surface area contributed by atoms with Gasteiger partial charge in [-0.1, -0.05) is 0 Å². The maximum Gasteiger partial charge on any atom is 0.290 e. The summed E-state index contributed by atoms with van der Waals surface area (Å²) in [5.41, 5.74) is -0.245. The SMILES string of the molecule is C[C@H](O)CN(C)c1ncc[nH]c1=O. The van der Waals surface area contributed by atoms with Gasteiger partial charge in [-0.3, -0.25) is 4.79 Å². The van der Waals surface area contributed by atoms with Gasteiger partial charge in [0.05, 0.1) is 6.10 Å². The van der Waals surface area contributed by atoms with Crippen LogP contribution in [0, 0.1) is 0 Å². The third-order valence-electron chi connectivity index (χ3n) is 1.59. The summed E-state index contributed by atoms with van der Waals surface area (Å²) in [4.78, 5) is 19.2. The van der Waals surface area contributed by atoms with Crippen LogP contribution in [0.1, 0.15) is 6.92 Å². The largest absolute Gasteiger partial charge is 0.392 e. The quantitative estimate of drug-likeness (QED) is 0.668. The Morgan fingerprint density at radius 3 is 3.00 bits per heavy atom. The number of hydrogen-bond acceptors (Lipinski definition) is 4. The average Bonchev–Trinajstić information content (AvgIpc) is 2.03. The highest BCUT2D eigenvalue weighted by Crippen LogP contribution is 1.99. The van der Waals surface area contributed by atoms with Crippen LogP contribution in [-0.4, -0.2) is 34.8 Å². The van der Waals surface area contributed by atoms with Crippen LogP contribution < -0.4 is 10.5 Å². The number of likely N-dealkylation sites (N-methyl/N-ethyl adjacent to an activating group) is 1. The molecule has 1 aromatic rings. The van der Waals surface area contributed by atoms with Crippen molar-refractivity contribution in [1.82, 2.24) is 9.97 Å². The minimum absolute atomic E-state index is 0.245. The molecule has 5 nitrogen and oxygen atoms in total. The maximum atomic E-state index is 11.2. The predicted molar refractivity (Wildman–Crippen MR) is 49.8 cm³/mol. The summed E-state index contributed by atoms with van der Waals surface area (Å²) in [6.07, 6.45) is 2.50. The molecule has 0 aliphatic carbocycles. The van der Waals surface area contributed by atoms with E-state index in [1.807, 2.05) is 0 Å². The van der Waals surface area contributed by atoms with Gasteiger partial charge in [-0.05, 0) is 6.92 Å². The first-order valence-corrected chi connectivity index (χ1v) is 4.04. The smallest absolute Gasteiger partial charge is 0.290 e. The predicted octanol–water partition coefficient (Wildman–Crippen LogP) is -0.413. The van der Waals surface area contributed by atoms with Gasteiger partial charge in [0.2, 0.25) is 0 Å². The molecule has 0 spiro atoms. The van der Waals surface area contributed by atoms with Gasteiger partial charge >= 0.3 is 0 Å². The lowest BCUT2D eigenvalue weighted by Gasteiger charge is -2.17. The van der Waals surface area contributed by atoms with Crippen molar-refractivity contribution in [2.75, 3.05) is 18.5 Å². The zero-order valence-electron chi connectivity index (χ0n) is 7.69. The molecule has 1 atom stereocenters. The molecule has 5 heteroatoms. The molecule has 0 saturated heterocycles. The van der Waals surface area contributed by atoms with E-state index in [-0.39, 0.29) is 5.56 Å². The molecule has 0 aromatic carbocycles. The maximum absolute atomic E-state index is 11.2. The Hall–Kier alpha value is -1.36. The van der Waals surface area contributed by atoms with Crippen LogP contribution in [0.2, 0.25) is 0 Å². The topological polar surface area (TPSA) is 69.2 Å². The zero-order chi connectivity index (χ0) is 9.84. The fraction of sp³-hybridized carbons (Fsp3) is 0.500. The summed E-state index contributed by atoms with van der Waals surface area (Å²) in [6, 6.07) is 0. The van der Waals surface area contributed by atoms with Crippen molar-refractivity contribution in [3.63, 3.8) is 0 Å². The highest BCUT2D eigenvalue weighted by atomic mass is 16.3. The molecule has 1 aromatic heterocycles. The highest BCUT2D eigenvalue weighted by Gasteiger charge is 2.08. The number of nitrogens with zero attached hydrogens (tertiary/aromatic N) is 2. The van der Waals surface area contributed by atoms with E-state index in [9.17, 15) is 4.79 Å². The van der Waals surface area contributed by atoms with Gasteiger partial charge in [0.25, 0.3) is 5.56 Å². The van der Waals surface area contributed by atoms with Gasteiger partial charge in [0.15, 0.2) is 5.82 Å². The molecule has 0 fully saturated rings. The van der Waals surface area contributed by atoms with Gasteiger partial charge in [0, 0.05) is 26.0 Å². The number of anilines is 1. The van der Waals surface area contributed by atoms with Crippen LogP contribution in [0.5, 0.6) is 0 Å². The van der Waals surface area contributed by atoms with E-state index >= 15 is 0 Å². The van der Waals surface area contributed by atoms with Crippen molar-refractivity contribution in [2.24, 2.45) is 0 Å². The second-order valence-electron chi connectivity index (χ2n) is 2.97. The van der Waals surface area contributed by atoms with Crippen molar-refractivity contribution >= 4 is 5.82 Å². The van der Waals surface area contributed by atoms with E-state index in [0.29, 0.717) is 12.4 Å². The number of nitrogens with one attached hydrogen (secondary N) is 1. The lowest BCUT2D eigenvalue weighted by atomic mass is 10.4. The Morgan fingerprint density at radius 1 is 1.77 bits per heavy atom. The lowest BCUT2D eigenvalue weighted by molar-refractivity contribution is 0.201. The van der Waals surface area contributed by atoms with Crippen LogP contribution in [0.3, 0.4) is 0 Å². The summed E-state index contributed by atoms with van der Waals surface area (Å²) < 4.78 is 0. The van der Waals surface area contributed by atoms with Crippen LogP contribution >= 0.6 is 0 Å². The van der Waals surface area contributed by atoms with E-state index < -0.39 is 6.10 Å². The molecule has 72 valence electrons. The Kier molecular flexibility index (Phi) is 3.02. The molecule has 0 aliphatic rings.